The lowest BCUT2D eigenvalue weighted by molar-refractivity contribution is 0.460. The largest absolute Gasteiger partial charge is 0.352 e. The number of rotatable bonds is 6. The van der Waals surface area contributed by atoms with E-state index in [4.69, 9.17) is 0 Å². The highest BCUT2D eigenvalue weighted by atomic mass is 127. The highest BCUT2D eigenvalue weighted by Gasteiger charge is 2.24. The van der Waals surface area contributed by atoms with Crippen molar-refractivity contribution in [1.82, 2.24) is 19.8 Å². The van der Waals surface area contributed by atoms with E-state index < -0.39 is 0 Å². The maximum Gasteiger partial charge on any atom is 0.193 e. The molecule has 6 heteroatoms. The van der Waals surface area contributed by atoms with E-state index in [0.717, 1.165) is 44.4 Å². The minimum Gasteiger partial charge on any atom is -0.352 e. The molecule has 0 bridgehead atoms. The lowest BCUT2D eigenvalue weighted by atomic mass is 9.99. The van der Waals surface area contributed by atoms with Gasteiger partial charge < -0.3 is 14.8 Å². The summed E-state index contributed by atoms with van der Waals surface area (Å²) < 4.78 is 2.17. The first-order chi connectivity index (χ1) is 14.7. The molecule has 2 aromatic carbocycles. The van der Waals surface area contributed by atoms with Gasteiger partial charge in [0.05, 0.1) is 0 Å². The molecule has 3 aromatic rings. The molecular weight excluding hydrogens is 497 g/mol. The zero-order valence-corrected chi connectivity index (χ0v) is 20.7. The van der Waals surface area contributed by atoms with Crippen molar-refractivity contribution >= 4 is 29.9 Å². The summed E-state index contributed by atoms with van der Waals surface area (Å²) in [4.78, 5) is 11.2. The number of hydrogen-bond acceptors (Lipinski definition) is 2. The maximum atomic E-state index is 4.54. The van der Waals surface area contributed by atoms with E-state index in [1.807, 2.05) is 26.4 Å². The first-order valence-corrected chi connectivity index (χ1v) is 10.8. The first kappa shape index (κ1) is 23.3. The van der Waals surface area contributed by atoms with Crippen LogP contribution in [0.15, 0.2) is 72.0 Å². The summed E-state index contributed by atoms with van der Waals surface area (Å²) in [6.07, 6.45) is 6.24. The lowest BCUT2D eigenvalue weighted by Crippen LogP contribution is -2.39. The topological polar surface area (TPSA) is 45.5 Å². The van der Waals surface area contributed by atoms with Crippen LogP contribution in [0.1, 0.15) is 28.9 Å². The number of aryl methyl sites for hydroxylation is 1. The summed E-state index contributed by atoms with van der Waals surface area (Å²) in [5.41, 5.74) is 3.98. The van der Waals surface area contributed by atoms with Crippen molar-refractivity contribution in [2.45, 2.75) is 32.9 Å². The molecule has 0 aliphatic carbocycles. The van der Waals surface area contributed by atoms with Crippen molar-refractivity contribution in [2.75, 3.05) is 20.1 Å². The van der Waals surface area contributed by atoms with Crippen LogP contribution in [0.5, 0.6) is 0 Å². The molecule has 164 valence electrons. The quantitative estimate of drug-likeness (QED) is 0.291. The van der Waals surface area contributed by atoms with Crippen LogP contribution in [0.2, 0.25) is 0 Å². The van der Waals surface area contributed by atoms with Crippen molar-refractivity contribution in [1.29, 1.82) is 0 Å². The second-order valence-corrected chi connectivity index (χ2v) is 8.11. The van der Waals surface area contributed by atoms with Crippen LogP contribution in [0, 0.1) is 12.8 Å². The Morgan fingerprint density at radius 2 is 1.87 bits per heavy atom. The fourth-order valence-electron chi connectivity index (χ4n) is 4.26. The molecular formula is C25H32IN5. The number of guanidine groups is 1. The van der Waals surface area contributed by atoms with Crippen LogP contribution in [0.25, 0.3) is 0 Å². The van der Waals surface area contributed by atoms with E-state index in [1.54, 1.807) is 0 Å². The average molecular weight is 529 g/mol. The Balaban J connectivity index is 0.00000272. The third-order valence-corrected chi connectivity index (χ3v) is 5.88. The molecule has 2 heterocycles. The summed E-state index contributed by atoms with van der Waals surface area (Å²) >= 11 is 0. The van der Waals surface area contributed by atoms with Gasteiger partial charge in [0.15, 0.2) is 5.96 Å². The Morgan fingerprint density at radius 1 is 1.10 bits per heavy atom. The molecule has 0 saturated carbocycles. The predicted octanol–water partition coefficient (Wildman–Crippen LogP) is 4.50. The fourth-order valence-corrected chi connectivity index (χ4v) is 4.26. The van der Waals surface area contributed by atoms with Gasteiger partial charge in [-0.05, 0) is 42.4 Å². The average Bonchev–Trinajstić information content (AvgIpc) is 3.39. The molecule has 31 heavy (non-hydrogen) atoms. The number of benzene rings is 2. The van der Waals surface area contributed by atoms with Gasteiger partial charge in [0.2, 0.25) is 0 Å². The predicted molar refractivity (Wildman–Crippen MR) is 138 cm³/mol. The SMILES string of the molecule is CN=C(NCc1cccc(Cn2ccnc2C)c1)N1CCC(Cc2ccccc2)C1.I. The first-order valence-electron chi connectivity index (χ1n) is 10.8. The zero-order chi connectivity index (χ0) is 20.8. The van der Waals surface area contributed by atoms with Crippen LogP contribution in [0.4, 0.5) is 0 Å². The molecule has 1 atom stereocenters. The van der Waals surface area contributed by atoms with Crippen LogP contribution in [-0.4, -0.2) is 40.5 Å². The molecule has 1 aromatic heterocycles. The molecule has 5 nitrogen and oxygen atoms in total. The number of hydrogen-bond donors (Lipinski definition) is 1. The normalized spacial score (nSPS) is 16.3. The number of imidazole rings is 1. The number of aromatic nitrogens is 2. The Hall–Kier alpha value is -2.35. The third-order valence-electron chi connectivity index (χ3n) is 5.88. The van der Waals surface area contributed by atoms with Crippen molar-refractivity contribution in [3.63, 3.8) is 0 Å². The Labute approximate surface area is 202 Å². The molecule has 0 spiro atoms. The third kappa shape index (κ3) is 6.32. The minimum absolute atomic E-state index is 0. The molecule has 0 amide bonds. The fraction of sp³-hybridized carbons (Fsp3) is 0.360. The van der Waals surface area contributed by atoms with E-state index in [-0.39, 0.29) is 24.0 Å². The van der Waals surface area contributed by atoms with Gasteiger partial charge in [0.25, 0.3) is 0 Å². The minimum atomic E-state index is 0. The van der Waals surface area contributed by atoms with Crippen molar-refractivity contribution in [3.8, 4) is 0 Å². The number of likely N-dealkylation sites (tertiary alicyclic amines) is 1. The van der Waals surface area contributed by atoms with Gasteiger partial charge in [-0.3, -0.25) is 4.99 Å². The molecule has 1 aliphatic rings. The van der Waals surface area contributed by atoms with Crippen LogP contribution < -0.4 is 5.32 Å². The van der Waals surface area contributed by atoms with E-state index in [0.29, 0.717) is 5.92 Å². The van der Waals surface area contributed by atoms with Crippen molar-refractivity contribution in [2.24, 2.45) is 10.9 Å². The Bertz CT molecular complexity index is 982. The van der Waals surface area contributed by atoms with E-state index in [9.17, 15) is 0 Å². The van der Waals surface area contributed by atoms with Crippen LogP contribution in [0.3, 0.4) is 0 Å². The second kappa shape index (κ2) is 11.3. The van der Waals surface area contributed by atoms with Crippen molar-refractivity contribution in [3.05, 3.63) is 89.5 Å². The van der Waals surface area contributed by atoms with Crippen molar-refractivity contribution < 1.29 is 0 Å². The van der Waals surface area contributed by atoms with Crippen LogP contribution >= 0.6 is 24.0 Å². The van der Waals surface area contributed by atoms with Gasteiger partial charge in [-0.2, -0.15) is 0 Å². The molecule has 1 saturated heterocycles. The van der Waals surface area contributed by atoms with Gasteiger partial charge in [-0.1, -0.05) is 54.6 Å². The van der Waals surface area contributed by atoms with Gasteiger partial charge in [0, 0.05) is 45.6 Å². The number of nitrogens with zero attached hydrogens (tertiary/aromatic N) is 4. The maximum absolute atomic E-state index is 4.54. The standard InChI is InChI=1S/C25H31N5.HI/c1-20-27-12-14-29(20)18-23-10-6-9-22(16-23)17-28-25(26-2)30-13-11-24(19-30)15-21-7-4-3-5-8-21;/h3-10,12,14,16,24H,11,13,15,17-19H2,1-2H3,(H,26,28);1H. The van der Waals surface area contributed by atoms with Crippen LogP contribution in [-0.2, 0) is 19.5 Å². The van der Waals surface area contributed by atoms with Gasteiger partial charge in [-0.25, -0.2) is 4.98 Å². The lowest BCUT2D eigenvalue weighted by Gasteiger charge is -2.22. The number of halogens is 1. The summed E-state index contributed by atoms with van der Waals surface area (Å²) in [5, 5.41) is 3.57. The molecule has 0 radical (unpaired) electrons. The summed E-state index contributed by atoms with van der Waals surface area (Å²) in [6.45, 7) is 5.80. The van der Waals surface area contributed by atoms with Gasteiger partial charge >= 0.3 is 0 Å². The molecule has 1 aliphatic heterocycles. The van der Waals surface area contributed by atoms with E-state index in [2.05, 4.69) is 79.4 Å². The summed E-state index contributed by atoms with van der Waals surface area (Å²) in [6, 6.07) is 19.5. The summed E-state index contributed by atoms with van der Waals surface area (Å²) in [5.74, 6) is 2.73. The molecule has 1 unspecified atom stereocenters. The zero-order valence-electron chi connectivity index (χ0n) is 18.4. The monoisotopic (exact) mass is 529 g/mol. The van der Waals surface area contributed by atoms with E-state index in [1.165, 1.54) is 23.1 Å². The highest BCUT2D eigenvalue weighted by Crippen LogP contribution is 2.21. The Morgan fingerprint density at radius 3 is 2.61 bits per heavy atom. The van der Waals surface area contributed by atoms with Gasteiger partial charge in [-0.15, -0.1) is 24.0 Å². The second-order valence-electron chi connectivity index (χ2n) is 8.11. The molecule has 1 fully saturated rings. The molecule has 1 N–H and O–H groups in total. The number of aliphatic imine (C=N–C) groups is 1. The Kier molecular flexibility index (Phi) is 8.51. The summed E-state index contributed by atoms with van der Waals surface area (Å²) in [7, 11) is 1.88. The van der Waals surface area contributed by atoms with E-state index >= 15 is 0 Å². The number of nitrogens with one attached hydrogen (secondary N) is 1. The highest BCUT2D eigenvalue weighted by molar-refractivity contribution is 14.0. The van der Waals surface area contributed by atoms with Gasteiger partial charge in [0.1, 0.15) is 5.82 Å². The smallest absolute Gasteiger partial charge is 0.193 e. The molecule has 4 rings (SSSR count).